The molecule has 0 unspecified atom stereocenters. The largest absolute Gasteiger partial charge is 0.490 e. The van der Waals surface area contributed by atoms with E-state index in [2.05, 4.69) is 5.32 Å². The molecule has 0 radical (unpaired) electrons. The maximum atomic E-state index is 11.8. The van der Waals surface area contributed by atoms with E-state index >= 15 is 0 Å². The third-order valence-corrected chi connectivity index (χ3v) is 3.20. The van der Waals surface area contributed by atoms with Gasteiger partial charge in [0.1, 0.15) is 12.4 Å². The molecule has 0 bridgehead atoms. The van der Waals surface area contributed by atoms with E-state index in [0.29, 0.717) is 24.6 Å². The molecule has 19 heavy (non-hydrogen) atoms. The van der Waals surface area contributed by atoms with Gasteiger partial charge in [0.25, 0.3) is 0 Å². The number of carbonyl (C=O) groups is 1. The molecule has 1 fully saturated rings. The second-order valence-corrected chi connectivity index (χ2v) is 4.67. The fraction of sp³-hybridized carbons (Fsp3) is 0.500. The summed E-state index contributed by atoms with van der Waals surface area (Å²) in [6, 6.07) is 7.35. The van der Waals surface area contributed by atoms with Gasteiger partial charge < -0.3 is 20.7 Å². The van der Waals surface area contributed by atoms with Gasteiger partial charge in [-0.3, -0.25) is 0 Å². The summed E-state index contributed by atoms with van der Waals surface area (Å²) in [6.45, 7) is 2.63. The first-order valence-corrected chi connectivity index (χ1v) is 6.77. The van der Waals surface area contributed by atoms with Crippen molar-refractivity contribution in [2.24, 2.45) is 0 Å². The lowest BCUT2D eigenvalue weighted by Gasteiger charge is -2.26. The first-order chi connectivity index (χ1) is 9.27. The smallest absolute Gasteiger partial charge is 0.317 e. The van der Waals surface area contributed by atoms with E-state index in [-0.39, 0.29) is 6.03 Å². The molecule has 5 heteroatoms. The van der Waals surface area contributed by atoms with Crippen LogP contribution in [0.3, 0.4) is 0 Å². The maximum Gasteiger partial charge on any atom is 0.317 e. The summed E-state index contributed by atoms with van der Waals surface area (Å²) in [5, 5.41) is 2.86. The molecule has 1 saturated heterocycles. The van der Waals surface area contributed by atoms with Crippen LogP contribution in [-0.4, -0.2) is 37.2 Å². The van der Waals surface area contributed by atoms with Gasteiger partial charge in [-0.25, -0.2) is 4.79 Å². The zero-order valence-electron chi connectivity index (χ0n) is 11.1. The van der Waals surface area contributed by atoms with Crippen molar-refractivity contribution in [3.05, 3.63) is 24.3 Å². The van der Waals surface area contributed by atoms with Gasteiger partial charge in [0.05, 0.1) is 12.2 Å². The fourth-order valence-electron chi connectivity index (χ4n) is 2.14. The van der Waals surface area contributed by atoms with Crippen molar-refractivity contribution in [2.75, 3.05) is 32.0 Å². The Bertz CT molecular complexity index is 417. The highest BCUT2D eigenvalue weighted by Crippen LogP contribution is 2.19. The number of anilines is 1. The predicted octanol–water partition coefficient (Wildman–Crippen LogP) is 1.84. The highest BCUT2D eigenvalue weighted by atomic mass is 16.5. The first kappa shape index (κ1) is 13.5. The third kappa shape index (κ3) is 4.05. The number of carbonyl (C=O) groups excluding carboxylic acids is 1. The molecule has 1 aliphatic heterocycles. The highest BCUT2D eigenvalue weighted by Gasteiger charge is 2.15. The molecule has 5 nitrogen and oxygen atoms in total. The van der Waals surface area contributed by atoms with Crippen LogP contribution in [0.25, 0.3) is 0 Å². The summed E-state index contributed by atoms with van der Waals surface area (Å²) in [4.78, 5) is 13.7. The molecule has 1 aliphatic rings. The molecule has 2 rings (SSSR count). The van der Waals surface area contributed by atoms with Crippen LogP contribution >= 0.6 is 0 Å². The number of ether oxygens (including phenoxy) is 1. The van der Waals surface area contributed by atoms with Crippen molar-refractivity contribution in [1.29, 1.82) is 0 Å². The Morgan fingerprint density at radius 3 is 2.74 bits per heavy atom. The summed E-state index contributed by atoms with van der Waals surface area (Å²) in [5.74, 6) is 0.662. The molecule has 0 atom stereocenters. The van der Waals surface area contributed by atoms with E-state index in [1.807, 2.05) is 23.1 Å². The minimum Gasteiger partial charge on any atom is -0.490 e. The summed E-state index contributed by atoms with van der Waals surface area (Å²) < 4.78 is 5.52. The number of nitrogens with one attached hydrogen (secondary N) is 1. The zero-order chi connectivity index (χ0) is 13.5. The number of para-hydroxylation sites is 2. The van der Waals surface area contributed by atoms with Crippen LogP contribution in [0.15, 0.2) is 24.3 Å². The van der Waals surface area contributed by atoms with E-state index < -0.39 is 0 Å². The summed E-state index contributed by atoms with van der Waals surface area (Å²) >= 11 is 0. The van der Waals surface area contributed by atoms with Gasteiger partial charge in [-0.2, -0.15) is 0 Å². The van der Waals surface area contributed by atoms with Gasteiger partial charge in [0, 0.05) is 13.1 Å². The lowest BCUT2D eigenvalue weighted by Crippen LogP contribution is -2.43. The lowest BCUT2D eigenvalue weighted by molar-refractivity contribution is 0.184. The average Bonchev–Trinajstić information content (AvgIpc) is 2.46. The number of hydrogen-bond acceptors (Lipinski definition) is 3. The number of piperidine rings is 1. The molecule has 3 N–H and O–H groups in total. The standard InChI is InChI=1S/C14H21N3O2/c15-12-6-2-3-7-13(12)19-11-8-16-14(18)17-9-4-1-5-10-17/h2-3,6-7H,1,4-5,8-11,15H2,(H,16,18). The van der Waals surface area contributed by atoms with E-state index in [0.717, 1.165) is 25.9 Å². The van der Waals surface area contributed by atoms with Crippen LogP contribution in [0.5, 0.6) is 5.75 Å². The van der Waals surface area contributed by atoms with E-state index in [9.17, 15) is 4.79 Å². The van der Waals surface area contributed by atoms with Crippen molar-refractivity contribution in [2.45, 2.75) is 19.3 Å². The molecule has 1 aromatic rings. The van der Waals surface area contributed by atoms with Crippen molar-refractivity contribution >= 4 is 11.7 Å². The van der Waals surface area contributed by atoms with E-state index in [4.69, 9.17) is 10.5 Å². The molecular formula is C14H21N3O2. The highest BCUT2D eigenvalue weighted by molar-refractivity contribution is 5.74. The number of likely N-dealkylation sites (tertiary alicyclic amines) is 1. The number of nitrogen functional groups attached to an aromatic ring is 1. The molecule has 0 aromatic heterocycles. The summed E-state index contributed by atoms with van der Waals surface area (Å²) in [6.07, 6.45) is 3.43. The quantitative estimate of drug-likeness (QED) is 0.643. The van der Waals surface area contributed by atoms with Gasteiger partial charge in [0.15, 0.2) is 0 Å². The molecule has 104 valence electrons. The van der Waals surface area contributed by atoms with Gasteiger partial charge in [-0.15, -0.1) is 0 Å². The van der Waals surface area contributed by atoms with Crippen LogP contribution in [0, 0.1) is 0 Å². The minimum atomic E-state index is 0.00401. The number of nitrogens with two attached hydrogens (primary N) is 1. The summed E-state index contributed by atoms with van der Waals surface area (Å²) in [5.41, 5.74) is 6.37. The number of benzene rings is 1. The number of rotatable bonds is 4. The second kappa shape index (κ2) is 6.87. The molecule has 0 aliphatic carbocycles. The van der Waals surface area contributed by atoms with Crippen LogP contribution in [0.1, 0.15) is 19.3 Å². The Morgan fingerprint density at radius 2 is 2.00 bits per heavy atom. The third-order valence-electron chi connectivity index (χ3n) is 3.20. The Morgan fingerprint density at radius 1 is 1.26 bits per heavy atom. The van der Waals surface area contributed by atoms with E-state index in [1.165, 1.54) is 6.42 Å². The van der Waals surface area contributed by atoms with Crippen molar-refractivity contribution in [3.8, 4) is 5.75 Å². The molecule has 0 spiro atoms. The topological polar surface area (TPSA) is 67.6 Å². The van der Waals surface area contributed by atoms with Gasteiger partial charge in [0.2, 0.25) is 0 Å². The normalized spacial score (nSPS) is 15.1. The molecule has 0 saturated carbocycles. The Balaban J connectivity index is 1.66. The van der Waals surface area contributed by atoms with Crippen molar-refractivity contribution in [3.63, 3.8) is 0 Å². The van der Waals surface area contributed by atoms with Crippen molar-refractivity contribution < 1.29 is 9.53 Å². The van der Waals surface area contributed by atoms with Crippen molar-refractivity contribution in [1.82, 2.24) is 10.2 Å². The minimum absolute atomic E-state index is 0.00401. The first-order valence-electron chi connectivity index (χ1n) is 6.77. The summed E-state index contributed by atoms with van der Waals surface area (Å²) in [7, 11) is 0. The van der Waals surface area contributed by atoms with Gasteiger partial charge in [-0.05, 0) is 31.4 Å². The fourth-order valence-corrected chi connectivity index (χ4v) is 2.14. The number of nitrogens with zero attached hydrogens (tertiary/aromatic N) is 1. The molecular weight excluding hydrogens is 242 g/mol. The number of hydrogen-bond donors (Lipinski definition) is 2. The Kier molecular flexibility index (Phi) is 4.89. The number of urea groups is 1. The predicted molar refractivity (Wildman–Crippen MR) is 75.2 cm³/mol. The zero-order valence-corrected chi connectivity index (χ0v) is 11.1. The Labute approximate surface area is 113 Å². The van der Waals surface area contributed by atoms with Crippen LogP contribution in [0.4, 0.5) is 10.5 Å². The van der Waals surface area contributed by atoms with E-state index in [1.54, 1.807) is 6.07 Å². The maximum absolute atomic E-state index is 11.8. The van der Waals surface area contributed by atoms with Crippen LogP contribution < -0.4 is 15.8 Å². The van der Waals surface area contributed by atoms with Crippen LogP contribution in [0.2, 0.25) is 0 Å². The Hall–Kier alpha value is -1.91. The van der Waals surface area contributed by atoms with Crippen LogP contribution in [-0.2, 0) is 0 Å². The average molecular weight is 263 g/mol. The molecule has 1 aromatic carbocycles. The monoisotopic (exact) mass is 263 g/mol. The molecule has 2 amide bonds. The van der Waals surface area contributed by atoms with Gasteiger partial charge in [-0.1, -0.05) is 12.1 Å². The lowest BCUT2D eigenvalue weighted by atomic mass is 10.1. The van der Waals surface area contributed by atoms with Gasteiger partial charge >= 0.3 is 6.03 Å². The number of amides is 2. The molecule has 1 heterocycles. The second-order valence-electron chi connectivity index (χ2n) is 4.67. The SMILES string of the molecule is Nc1ccccc1OCCNC(=O)N1CCCCC1.